The first kappa shape index (κ1) is 14.3. The fraction of sp³-hybridized carbons (Fsp3) is 0.417. The Morgan fingerprint density at radius 2 is 2.06 bits per heavy atom. The number of halogens is 2. The SMILES string of the molecule is CNC1CCN(C(=O)c2ccc(Cl)cc2)C1.Cl. The van der Waals surface area contributed by atoms with E-state index in [1.807, 2.05) is 11.9 Å². The first-order valence-corrected chi connectivity index (χ1v) is 5.80. The minimum Gasteiger partial charge on any atom is -0.337 e. The lowest BCUT2D eigenvalue weighted by Crippen LogP contribution is -2.33. The maximum absolute atomic E-state index is 12.1. The first-order valence-electron chi connectivity index (χ1n) is 5.43. The second kappa shape index (κ2) is 6.24. The average molecular weight is 275 g/mol. The van der Waals surface area contributed by atoms with E-state index in [0.717, 1.165) is 19.5 Å². The molecule has 1 amide bonds. The minimum absolute atomic E-state index is 0. The summed E-state index contributed by atoms with van der Waals surface area (Å²) >= 11 is 5.79. The quantitative estimate of drug-likeness (QED) is 0.897. The summed E-state index contributed by atoms with van der Waals surface area (Å²) in [6.45, 7) is 1.62. The van der Waals surface area contributed by atoms with E-state index in [9.17, 15) is 4.79 Å². The van der Waals surface area contributed by atoms with Crippen LogP contribution in [0.1, 0.15) is 16.8 Å². The number of carbonyl (C=O) groups is 1. The van der Waals surface area contributed by atoms with Crippen molar-refractivity contribution in [3.05, 3.63) is 34.9 Å². The van der Waals surface area contributed by atoms with Gasteiger partial charge in [0.05, 0.1) is 0 Å². The largest absolute Gasteiger partial charge is 0.337 e. The molecule has 1 heterocycles. The third-order valence-electron chi connectivity index (χ3n) is 2.97. The first-order chi connectivity index (χ1) is 7.70. The monoisotopic (exact) mass is 274 g/mol. The van der Waals surface area contributed by atoms with Crippen LogP contribution >= 0.6 is 24.0 Å². The zero-order valence-corrected chi connectivity index (χ0v) is 11.2. The van der Waals surface area contributed by atoms with Gasteiger partial charge in [0.15, 0.2) is 0 Å². The van der Waals surface area contributed by atoms with Crippen LogP contribution in [0.15, 0.2) is 24.3 Å². The zero-order chi connectivity index (χ0) is 11.5. The number of likely N-dealkylation sites (tertiary alicyclic amines) is 1. The molecule has 0 bridgehead atoms. The Kier molecular flexibility index (Phi) is 5.25. The maximum Gasteiger partial charge on any atom is 0.253 e. The molecule has 0 aliphatic carbocycles. The molecule has 2 rings (SSSR count). The Hall–Kier alpha value is -0.770. The molecule has 1 aliphatic heterocycles. The number of hydrogen-bond acceptors (Lipinski definition) is 2. The third-order valence-corrected chi connectivity index (χ3v) is 3.23. The van der Waals surface area contributed by atoms with Gasteiger partial charge in [-0.3, -0.25) is 4.79 Å². The molecule has 1 atom stereocenters. The van der Waals surface area contributed by atoms with Crippen LogP contribution in [0.4, 0.5) is 0 Å². The molecule has 1 unspecified atom stereocenters. The number of rotatable bonds is 2. The highest BCUT2D eigenvalue weighted by Crippen LogP contribution is 2.15. The van der Waals surface area contributed by atoms with Crippen molar-refractivity contribution in [1.29, 1.82) is 0 Å². The van der Waals surface area contributed by atoms with Gasteiger partial charge in [-0.1, -0.05) is 11.6 Å². The summed E-state index contributed by atoms with van der Waals surface area (Å²) in [7, 11) is 1.93. The van der Waals surface area contributed by atoms with Crippen molar-refractivity contribution in [3.63, 3.8) is 0 Å². The summed E-state index contributed by atoms with van der Waals surface area (Å²) in [4.78, 5) is 14.0. The highest BCUT2D eigenvalue weighted by Gasteiger charge is 2.25. The molecular formula is C12H16Cl2N2O. The van der Waals surface area contributed by atoms with E-state index in [-0.39, 0.29) is 18.3 Å². The summed E-state index contributed by atoms with van der Waals surface area (Å²) in [5.74, 6) is 0.0921. The van der Waals surface area contributed by atoms with Crippen molar-refractivity contribution >= 4 is 29.9 Å². The van der Waals surface area contributed by atoms with Gasteiger partial charge in [0.2, 0.25) is 0 Å². The van der Waals surface area contributed by atoms with E-state index in [2.05, 4.69) is 5.32 Å². The van der Waals surface area contributed by atoms with Gasteiger partial charge in [0.25, 0.3) is 5.91 Å². The van der Waals surface area contributed by atoms with Crippen LogP contribution in [0.25, 0.3) is 0 Å². The summed E-state index contributed by atoms with van der Waals surface area (Å²) in [6.07, 6.45) is 1.02. The Bertz CT molecular complexity index is 381. The lowest BCUT2D eigenvalue weighted by molar-refractivity contribution is 0.0789. The van der Waals surface area contributed by atoms with E-state index >= 15 is 0 Å². The topological polar surface area (TPSA) is 32.3 Å². The Morgan fingerprint density at radius 1 is 1.41 bits per heavy atom. The van der Waals surface area contributed by atoms with Crippen molar-refractivity contribution in [2.45, 2.75) is 12.5 Å². The Morgan fingerprint density at radius 3 is 2.59 bits per heavy atom. The molecule has 1 aliphatic rings. The highest BCUT2D eigenvalue weighted by molar-refractivity contribution is 6.30. The summed E-state index contributed by atoms with van der Waals surface area (Å²) in [5.41, 5.74) is 0.709. The lowest BCUT2D eigenvalue weighted by Gasteiger charge is -2.16. The molecule has 1 N–H and O–H groups in total. The van der Waals surface area contributed by atoms with Gasteiger partial charge in [-0.05, 0) is 37.7 Å². The molecule has 5 heteroatoms. The van der Waals surface area contributed by atoms with Crippen molar-refractivity contribution in [2.75, 3.05) is 20.1 Å². The van der Waals surface area contributed by atoms with E-state index < -0.39 is 0 Å². The second-order valence-corrected chi connectivity index (χ2v) is 4.47. The Labute approximate surface area is 113 Å². The molecule has 0 spiro atoms. The van der Waals surface area contributed by atoms with Crippen LogP contribution in [0.2, 0.25) is 5.02 Å². The van der Waals surface area contributed by atoms with Gasteiger partial charge >= 0.3 is 0 Å². The molecule has 0 saturated carbocycles. The van der Waals surface area contributed by atoms with Gasteiger partial charge in [-0.25, -0.2) is 0 Å². The molecule has 94 valence electrons. The number of hydrogen-bond donors (Lipinski definition) is 1. The zero-order valence-electron chi connectivity index (χ0n) is 9.65. The standard InChI is InChI=1S/C12H15ClN2O.ClH/c1-14-11-6-7-15(8-11)12(16)9-2-4-10(13)5-3-9;/h2-5,11,14H,6-8H2,1H3;1H. The second-order valence-electron chi connectivity index (χ2n) is 4.03. The molecule has 0 aromatic heterocycles. The number of likely N-dealkylation sites (N-methyl/N-ethyl adjacent to an activating group) is 1. The smallest absolute Gasteiger partial charge is 0.253 e. The summed E-state index contributed by atoms with van der Waals surface area (Å²) < 4.78 is 0. The van der Waals surface area contributed by atoms with Crippen molar-refractivity contribution in [2.24, 2.45) is 0 Å². The molecule has 3 nitrogen and oxygen atoms in total. The molecular weight excluding hydrogens is 259 g/mol. The molecule has 0 radical (unpaired) electrons. The van der Waals surface area contributed by atoms with Crippen molar-refractivity contribution in [3.8, 4) is 0 Å². The summed E-state index contributed by atoms with van der Waals surface area (Å²) in [6, 6.07) is 7.48. The normalized spacial score (nSPS) is 18.9. The minimum atomic E-state index is 0. The van der Waals surface area contributed by atoms with Crippen LogP contribution in [0, 0.1) is 0 Å². The fourth-order valence-electron chi connectivity index (χ4n) is 1.96. The van der Waals surface area contributed by atoms with Gasteiger partial charge in [0, 0.05) is 29.7 Å². The molecule has 17 heavy (non-hydrogen) atoms. The van der Waals surface area contributed by atoms with E-state index in [1.54, 1.807) is 24.3 Å². The number of benzene rings is 1. The van der Waals surface area contributed by atoms with Gasteiger partial charge in [0.1, 0.15) is 0 Å². The molecule has 1 aromatic carbocycles. The predicted octanol–water partition coefficient (Wildman–Crippen LogP) is 2.20. The average Bonchev–Trinajstić information content (AvgIpc) is 2.77. The van der Waals surface area contributed by atoms with E-state index in [1.165, 1.54) is 0 Å². The lowest BCUT2D eigenvalue weighted by atomic mass is 10.2. The van der Waals surface area contributed by atoms with Crippen LogP contribution < -0.4 is 5.32 Å². The van der Waals surface area contributed by atoms with Crippen molar-refractivity contribution in [1.82, 2.24) is 10.2 Å². The number of nitrogens with zero attached hydrogens (tertiary/aromatic N) is 1. The van der Waals surface area contributed by atoms with E-state index in [0.29, 0.717) is 16.6 Å². The van der Waals surface area contributed by atoms with Crippen LogP contribution in [0.5, 0.6) is 0 Å². The molecule has 1 saturated heterocycles. The van der Waals surface area contributed by atoms with Gasteiger partial charge in [-0.2, -0.15) is 0 Å². The van der Waals surface area contributed by atoms with Gasteiger partial charge in [-0.15, -0.1) is 12.4 Å². The maximum atomic E-state index is 12.1. The fourth-order valence-corrected chi connectivity index (χ4v) is 2.08. The Balaban J connectivity index is 0.00000144. The third kappa shape index (κ3) is 3.35. The number of carbonyl (C=O) groups excluding carboxylic acids is 1. The number of nitrogens with one attached hydrogen (secondary N) is 1. The molecule has 1 fully saturated rings. The molecule has 1 aromatic rings. The van der Waals surface area contributed by atoms with E-state index in [4.69, 9.17) is 11.6 Å². The summed E-state index contributed by atoms with van der Waals surface area (Å²) in [5, 5.41) is 3.85. The van der Waals surface area contributed by atoms with Crippen LogP contribution in [0.3, 0.4) is 0 Å². The van der Waals surface area contributed by atoms with Crippen LogP contribution in [-0.2, 0) is 0 Å². The van der Waals surface area contributed by atoms with Gasteiger partial charge < -0.3 is 10.2 Å². The number of amides is 1. The highest BCUT2D eigenvalue weighted by atomic mass is 35.5. The van der Waals surface area contributed by atoms with Crippen molar-refractivity contribution < 1.29 is 4.79 Å². The predicted molar refractivity (Wildman–Crippen MR) is 72.1 cm³/mol. The van der Waals surface area contributed by atoms with Crippen LogP contribution in [-0.4, -0.2) is 37.0 Å².